The molecule has 1 saturated heterocycles. The fraction of sp³-hybridized carbons (Fsp3) is 0.280. The first-order chi connectivity index (χ1) is 16.0. The molecule has 0 radical (unpaired) electrons. The van der Waals surface area contributed by atoms with Crippen molar-refractivity contribution in [3.63, 3.8) is 0 Å². The molecular weight excluding hydrogens is 440 g/mol. The van der Waals surface area contributed by atoms with E-state index < -0.39 is 23.8 Å². The molecule has 0 atom stereocenters. The number of imide groups is 2. The predicted molar refractivity (Wildman–Crippen MR) is 125 cm³/mol. The Morgan fingerprint density at radius 3 is 2.26 bits per heavy atom. The molecule has 0 saturated carbocycles. The number of carbonyl (C=O) groups excluding carboxylic acids is 4. The van der Waals surface area contributed by atoms with Gasteiger partial charge in [0.05, 0.1) is 19.9 Å². The zero-order chi connectivity index (χ0) is 25.0. The van der Waals surface area contributed by atoms with Crippen molar-refractivity contribution in [3.05, 3.63) is 59.2 Å². The standard InChI is InChI=1S/C25H26N2O7/c1-25(2,3)16-7-9-17(10-8-16)27-23(30)18(22(29)26-24(27)31)12-15-6-11-19(20(13-15)32-4)34-14-21(28)33-5/h6-13H,14H2,1-5H3,(H,26,29,31). The molecule has 1 heterocycles. The highest BCUT2D eigenvalue weighted by molar-refractivity contribution is 6.39. The summed E-state index contributed by atoms with van der Waals surface area (Å²) < 4.78 is 15.2. The molecule has 0 spiro atoms. The van der Waals surface area contributed by atoms with Crippen LogP contribution in [0.4, 0.5) is 10.5 Å². The molecule has 0 unspecified atom stereocenters. The predicted octanol–water partition coefficient (Wildman–Crippen LogP) is 3.21. The number of benzene rings is 2. The molecule has 34 heavy (non-hydrogen) atoms. The minimum Gasteiger partial charge on any atom is -0.493 e. The van der Waals surface area contributed by atoms with Gasteiger partial charge in [0, 0.05) is 0 Å². The molecule has 1 fully saturated rings. The lowest BCUT2D eigenvalue weighted by Gasteiger charge is -2.27. The second-order valence-electron chi connectivity index (χ2n) is 8.53. The maximum Gasteiger partial charge on any atom is 0.343 e. The quantitative estimate of drug-likeness (QED) is 0.395. The molecular formula is C25H26N2O7. The smallest absolute Gasteiger partial charge is 0.343 e. The van der Waals surface area contributed by atoms with Gasteiger partial charge in [-0.25, -0.2) is 14.5 Å². The number of nitrogens with zero attached hydrogens (tertiary/aromatic N) is 1. The van der Waals surface area contributed by atoms with Crippen molar-refractivity contribution in [3.8, 4) is 11.5 Å². The Morgan fingerprint density at radius 1 is 1.00 bits per heavy atom. The van der Waals surface area contributed by atoms with Gasteiger partial charge in [0.1, 0.15) is 5.57 Å². The number of esters is 1. The van der Waals surface area contributed by atoms with Crippen molar-refractivity contribution in [2.45, 2.75) is 26.2 Å². The Bertz CT molecular complexity index is 1160. The van der Waals surface area contributed by atoms with E-state index in [9.17, 15) is 19.2 Å². The van der Waals surface area contributed by atoms with Gasteiger partial charge in [-0.15, -0.1) is 0 Å². The van der Waals surface area contributed by atoms with Crippen LogP contribution in [0.2, 0.25) is 0 Å². The Kier molecular flexibility index (Phi) is 7.05. The van der Waals surface area contributed by atoms with E-state index in [1.165, 1.54) is 26.4 Å². The Hall–Kier alpha value is -4.14. The molecule has 3 rings (SSSR count). The molecule has 1 aliphatic rings. The van der Waals surface area contributed by atoms with Crippen molar-refractivity contribution in [2.75, 3.05) is 25.7 Å². The SMILES string of the molecule is COC(=O)COc1ccc(C=C2C(=O)NC(=O)N(c3ccc(C(C)(C)C)cc3)C2=O)cc1OC. The van der Waals surface area contributed by atoms with Crippen LogP contribution in [-0.2, 0) is 24.5 Å². The van der Waals surface area contributed by atoms with Gasteiger partial charge in [-0.05, 0) is 46.9 Å². The van der Waals surface area contributed by atoms with E-state index in [1.54, 1.807) is 24.3 Å². The molecule has 4 amide bonds. The van der Waals surface area contributed by atoms with Gasteiger partial charge in [-0.1, -0.05) is 39.0 Å². The summed E-state index contributed by atoms with van der Waals surface area (Å²) in [5.41, 5.74) is 1.52. The third kappa shape index (κ3) is 5.25. The lowest BCUT2D eigenvalue weighted by molar-refractivity contribution is -0.143. The van der Waals surface area contributed by atoms with Gasteiger partial charge in [0.25, 0.3) is 11.8 Å². The Labute approximate surface area is 197 Å². The maximum absolute atomic E-state index is 13.1. The third-order valence-electron chi connectivity index (χ3n) is 5.17. The monoisotopic (exact) mass is 466 g/mol. The van der Waals surface area contributed by atoms with Crippen LogP contribution in [0.1, 0.15) is 31.9 Å². The molecule has 1 N–H and O–H groups in total. The zero-order valence-corrected chi connectivity index (χ0v) is 19.6. The summed E-state index contributed by atoms with van der Waals surface area (Å²) in [5.74, 6) is -1.54. The van der Waals surface area contributed by atoms with Crippen molar-refractivity contribution in [2.24, 2.45) is 0 Å². The first kappa shape index (κ1) is 24.5. The van der Waals surface area contributed by atoms with Crippen molar-refractivity contribution >= 4 is 35.6 Å². The van der Waals surface area contributed by atoms with E-state index in [-0.39, 0.29) is 29.1 Å². The number of anilines is 1. The highest BCUT2D eigenvalue weighted by Gasteiger charge is 2.37. The first-order valence-corrected chi connectivity index (χ1v) is 10.4. The normalized spacial score (nSPS) is 15.3. The third-order valence-corrected chi connectivity index (χ3v) is 5.17. The highest BCUT2D eigenvalue weighted by Crippen LogP contribution is 2.30. The summed E-state index contributed by atoms with van der Waals surface area (Å²) in [4.78, 5) is 50.3. The van der Waals surface area contributed by atoms with E-state index in [4.69, 9.17) is 9.47 Å². The molecule has 1 aliphatic heterocycles. The second-order valence-corrected chi connectivity index (χ2v) is 8.53. The summed E-state index contributed by atoms with van der Waals surface area (Å²) in [6.45, 7) is 5.86. The zero-order valence-electron chi connectivity index (χ0n) is 19.6. The number of methoxy groups -OCH3 is 2. The molecule has 0 bridgehead atoms. The molecule has 0 aromatic heterocycles. The lowest BCUT2D eigenvalue weighted by Crippen LogP contribution is -2.54. The average Bonchev–Trinajstić information content (AvgIpc) is 2.80. The van der Waals surface area contributed by atoms with Crippen LogP contribution >= 0.6 is 0 Å². The number of barbiturate groups is 1. The van der Waals surface area contributed by atoms with Crippen LogP contribution in [0, 0.1) is 0 Å². The summed E-state index contributed by atoms with van der Waals surface area (Å²) in [5, 5.41) is 2.20. The van der Waals surface area contributed by atoms with Crippen molar-refractivity contribution in [1.82, 2.24) is 5.32 Å². The van der Waals surface area contributed by atoms with Gasteiger partial charge >= 0.3 is 12.0 Å². The largest absolute Gasteiger partial charge is 0.493 e. The minimum absolute atomic E-state index is 0.0977. The summed E-state index contributed by atoms with van der Waals surface area (Å²) in [6.07, 6.45) is 1.35. The van der Waals surface area contributed by atoms with Gasteiger partial charge in [0.15, 0.2) is 18.1 Å². The minimum atomic E-state index is -0.820. The van der Waals surface area contributed by atoms with E-state index >= 15 is 0 Å². The van der Waals surface area contributed by atoms with Crippen LogP contribution in [0.5, 0.6) is 11.5 Å². The fourth-order valence-corrected chi connectivity index (χ4v) is 3.26. The van der Waals surface area contributed by atoms with E-state index in [1.807, 2.05) is 12.1 Å². The summed E-state index contributed by atoms with van der Waals surface area (Å²) in [6, 6.07) is 10.9. The van der Waals surface area contributed by atoms with Crippen molar-refractivity contribution < 1.29 is 33.4 Å². The van der Waals surface area contributed by atoms with E-state index in [0.29, 0.717) is 11.3 Å². The van der Waals surface area contributed by atoms with Crippen LogP contribution < -0.4 is 19.7 Å². The van der Waals surface area contributed by atoms with Crippen LogP contribution in [0.3, 0.4) is 0 Å². The highest BCUT2D eigenvalue weighted by atomic mass is 16.6. The fourth-order valence-electron chi connectivity index (χ4n) is 3.26. The van der Waals surface area contributed by atoms with Crippen molar-refractivity contribution in [1.29, 1.82) is 0 Å². The molecule has 2 aromatic carbocycles. The van der Waals surface area contributed by atoms with Crippen LogP contribution in [-0.4, -0.2) is 44.6 Å². The lowest BCUT2D eigenvalue weighted by atomic mass is 9.87. The molecule has 0 aliphatic carbocycles. The maximum atomic E-state index is 13.1. The van der Waals surface area contributed by atoms with E-state index in [2.05, 4.69) is 30.8 Å². The number of carbonyl (C=O) groups is 4. The molecule has 178 valence electrons. The summed E-state index contributed by atoms with van der Waals surface area (Å²) in [7, 11) is 2.66. The number of hydrogen-bond acceptors (Lipinski definition) is 7. The number of hydrogen-bond donors (Lipinski definition) is 1. The topological polar surface area (TPSA) is 111 Å². The number of urea groups is 1. The summed E-state index contributed by atoms with van der Waals surface area (Å²) >= 11 is 0. The van der Waals surface area contributed by atoms with Gasteiger partial charge in [0.2, 0.25) is 0 Å². The molecule has 9 nitrogen and oxygen atoms in total. The Morgan fingerprint density at radius 2 is 1.68 bits per heavy atom. The number of amides is 4. The number of nitrogens with one attached hydrogen (secondary N) is 1. The molecule has 9 heteroatoms. The first-order valence-electron chi connectivity index (χ1n) is 10.4. The van der Waals surface area contributed by atoms with Gasteiger partial charge < -0.3 is 14.2 Å². The number of ether oxygens (including phenoxy) is 3. The van der Waals surface area contributed by atoms with E-state index in [0.717, 1.165) is 10.5 Å². The van der Waals surface area contributed by atoms with Crippen LogP contribution in [0.15, 0.2) is 48.0 Å². The molecule has 2 aromatic rings. The average molecular weight is 466 g/mol. The van der Waals surface area contributed by atoms with Gasteiger partial charge in [-0.3, -0.25) is 14.9 Å². The number of rotatable bonds is 6. The van der Waals surface area contributed by atoms with Crippen LogP contribution in [0.25, 0.3) is 6.08 Å². The Balaban J connectivity index is 1.90. The second kappa shape index (κ2) is 9.78. The van der Waals surface area contributed by atoms with Gasteiger partial charge in [-0.2, -0.15) is 0 Å².